The zero-order valence-corrected chi connectivity index (χ0v) is 6.42. The fourth-order valence-electron chi connectivity index (χ4n) is 1.37. The zero-order chi connectivity index (χ0) is 7.56. The molecule has 56 valence electrons. The minimum atomic E-state index is -0.119. The lowest BCUT2D eigenvalue weighted by Gasteiger charge is -2.12. The zero-order valence-electron chi connectivity index (χ0n) is 6.42. The molecule has 0 aromatic heterocycles. The Kier molecular flexibility index (Phi) is 2.75. The maximum Gasteiger partial charge on any atom is 0.109 e. The van der Waals surface area contributed by atoms with Crippen molar-refractivity contribution in [3.05, 3.63) is 0 Å². The predicted molar refractivity (Wildman–Crippen MR) is 41.9 cm³/mol. The first kappa shape index (κ1) is 8.09. The van der Waals surface area contributed by atoms with E-state index in [9.17, 15) is 0 Å². The normalized spacial score (nSPS) is 40.4. The molecule has 0 aromatic carbocycles. The quantitative estimate of drug-likeness (QED) is 0.562. The largest absolute Gasteiger partial charge is 0.383 e. The van der Waals surface area contributed by atoms with E-state index in [0.717, 1.165) is 19.3 Å². The van der Waals surface area contributed by atoms with Gasteiger partial charge in [-0.2, -0.15) is 0 Å². The molecular formula is C7H14BNO. The van der Waals surface area contributed by atoms with Gasteiger partial charge in [0.1, 0.15) is 7.85 Å². The van der Waals surface area contributed by atoms with Crippen molar-refractivity contribution < 1.29 is 4.74 Å². The van der Waals surface area contributed by atoms with Gasteiger partial charge in [0.25, 0.3) is 0 Å². The van der Waals surface area contributed by atoms with Gasteiger partial charge in [-0.3, -0.25) is 0 Å². The summed E-state index contributed by atoms with van der Waals surface area (Å²) in [5.41, 5.74) is 5.75. The molecule has 0 amide bonds. The highest BCUT2D eigenvalue weighted by Gasteiger charge is 2.28. The summed E-state index contributed by atoms with van der Waals surface area (Å²) in [6.07, 6.45) is 3.17. The van der Waals surface area contributed by atoms with Crippen LogP contribution in [0.25, 0.3) is 0 Å². The lowest BCUT2D eigenvalue weighted by Crippen LogP contribution is -2.29. The summed E-state index contributed by atoms with van der Waals surface area (Å²) in [4.78, 5) is 0. The van der Waals surface area contributed by atoms with Gasteiger partial charge >= 0.3 is 0 Å². The molecule has 1 aliphatic rings. The van der Waals surface area contributed by atoms with Crippen molar-refractivity contribution in [1.29, 1.82) is 0 Å². The molecule has 0 spiro atoms. The van der Waals surface area contributed by atoms with Crippen LogP contribution in [0, 0.1) is 0 Å². The topological polar surface area (TPSA) is 35.2 Å². The molecule has 2 N–H and O–H groups in total. The van der Waals surface area contributed by atoms with Gasteiger partial charge in [-0.25, -0.2) is 0 Å². The number of nitrogens with two attached hydrogens (primary N) is 1. The number of rotatable bonds is 2. The van der Waals surface area contributed by atoms with Gasteiger partial charge in [0, 0.05) is 12.0 Å². The molecule has 1 aliphatic heterocycles. The van der Waals surface area contributed by atoms with Gasteiger partial charge in [0.05, 0.1) is 6.10 Å². The third-order valence-electron chi connectivity index (χ3n) is 1.90. The molecule has 0 aromatic rings. The lowest BCUT2D eigenvalue weighted by atomic mass is 9.95. The predicted octanol–water partition coefficient (Wildman–Crippen LogP) is 0.397. The molecule has 0 saturated carbocycles. The summed E-state index contributed by atoms with van der Waals surface area (Å²) in [7, 11) is 5.54. The molecule has 0 aliphatic carbocycles. The van der Waals surface area contributed by atoms with Crippen LogP contribution in [-0.4, -0.2) is 26.0 Å². The Morgan fingerprint density at radius 2 is 2.40 bits per heavy atom. The van der Waals surface area contributed by atoms with E-state index in [1.807, 2.05) is 0 Å². The van der Waals surface area contributed by atoms with Crippen molar-refractivity contribution in [2.75, 3.05) is 0 Å². The highest BCUT2D eigenvalue weighted by Crippen LogP contribution is 2.19. The third-order valence-corrected chi connectivity index (χ3v) is 1.90. The van der Waals surface area contributed by atoms with Crippen molar-refractivity contribution in [2.45, 2.75) is 44.3 Å². The van der Waals surface area contributed by atoms with E-state index in [1.165, 1.54) is 0 Å². The second kappa shape index (κ2) is 3.40. The molecule has 1 fully saturated rings. The van der Waals surface area contributed by atoms with E-state index in [2.05, 4.69) is 6.92 Å². The van der Waals surface area contributed by atoms with Crippen LogP contribution in [0.1, 0.15) is 26.2 Å². The Morgan fingerprint density at radius 1 is 1.70 bits per heavy atom. The van der Waals surface area contributed by atoms with Crippen LogP contribution in [0.5, 0.6) is 0 Å². The van der Waals surface area contributed by atoms with Crippen LogP contribution in [0.15, 0.2) is 0 Å². The number of hydrogen-bond donors (Lipinski definition) is 1. The van der Waals surface area contributed by atoms with Gasteiger partial charge in [0.2, 0.25) is 0 Å². The van der Waals surface area contributed by atoms with Crippen LogP contribution in [0.2, 0.25) is 0 Å². The Balaban J connectivity index is 2.31. The standard InChI is InChI=1S/C7H14BNO/c1-2-3-6-5(9)4-7(8)10-6/h5-7H,2-4,9H2,1H3/t5?,6-,7-/m1/s1. The fourth-order valence-corrected chi connectivity index (χ4v) is 1.37. The number of ether oxygens (including phenoxy) is 1. The van der Waals surface area contributed by atoms with Gasteiger partial charge < -0.3 is 10.5 Å². The van der Waals surface area contributed by atoms with Crippen LogP contribution in [0.3, 0.4) is 0 Å². The molecule has 1 heterocycles. The monoisotopic (exact) mass is 139 g/mol. The minimum absolute atomic E-state index is 0.119. The smallest absolute Gasteiger partial charge is 0.109 e. The second-order valence-electron chi connectivity index (χ2n) is 2.90. The lowest BCUT2D eigenvalue weighted by molar-refractivity contribution is 0.0761. The Bertz CT molecular complexity index is 110. The van der Waals surface area contributed by atoms with E-state index >= 15 is 0 Å². The summed E-state index contributed by atoms with van der Waals surface area (Å²) in [6.45, 7) is 2.12. The van der Waals surface area contributed by atoms with Crippen molar-refractivity contribution in [2.24, 2.45) is 5.73 Å². The molecule has 10 heavy (non-hydrogen) atoms. The van der Waals surface area contributed by atoms with Crippen LogP contribution >= 0.6 is 0 Å². The van der Waals surface area contributed by atoms with Crippen LogP contribution in [0.4, 0.5) is 0 Å². The maximum absolute atomic E-state index is 5.75. The van der Waals surface area contributed by atoms with Crippen molar-refractivity contribution in [1.82, 2.24) is 0 Å². The molecule has 0 bridgehead atoms. The Labute approximate surface area is 63.5 Å². The average Bonchev–Trinajstić information content (AvgIpc) is 2.13. The van der Waals surface area contributed by atoms with E-state index in [0.29, 0.717) is 0 Å². The highest BCUT2D eigenvalue weighted by molar-refractivity contribution is 6.11. The molecule has 3 heteroatoms. The maximum atomic E-state index is 5.75. The van der Waals surface area contributed by atoms with Crippen molar-refractivity contribution >= 4 is 7.85 Å². The first-order chi connectivity index (χ1) is 4.74. The third kappa shape index (κ3) is 1.73. The molecule has 1 unspecified atom stereocenters. The van der Waals surface area contributed by atoms with E-state index < -0.39 is 0 Å². The van der Waals surface area contributed by atoms with Crippen LogP contribution in [-0.2, 0) is 4.74 Å². The van der Waals surface area contributed by atoms with E-state index in [4.69, 9.17) is 18.3 Å². The minimum Gasteiger partial charge on any atom is -0.383 e. The molecule has 2 nitrogen and oxygen atoms in total. The van der Waals surface area contributed by atoms with Gasteiger partial charge in [0.15, 0.2) is 0 Å². The molecule has 3 atom stereocenters. The second-order valence-corrected chi connectivity index (χ2v) is 2.90. The summed E-state index contributed by atoms with van der Waals surface area (Å²) >= 11 is 0. The molecule has 1 rings (SSSR count). The molecular weight excluding hydrogens is 125 g/mol. The Morgan fingerprint density at radius 3 is 2.80 bits per heavy atom. The highest BCUT2D eigenvalue weighted by atomic mass is 16.5. The summed E-state index contributed by atoms with van der Waals surface area (Å²) in [5, 5.41) is 0. The van der Waals surface area contributed by atoms with Gasteiger partial charge in [-0.05, 0) is 12.8 Å². The summed E-state index contributed by atoms with van der Waals surface area (Å²) < 4.78 is 5.37. The summed E-state index contributed by atoms with van der Waals surface area (Å²) in [5.74, 6) is 0. The Hall–Kier alpha value is -0.0151. The van der Waals surface area contributed by atoms with E-state index in [1.54, 1.807) is 0 Å². The average molecular weight is 139 g/mol. The van der Waals surface area contributed by atoms with Gasteiger partial charge in [-0.15, -0.1) is 0 Å². The first-order valence-corrected chi connectivity index (χ1v) is 3.90. The SMILES string of the molecule is [B][C@H]1CC(N)[C@@H](CCC)O1. The van der Waals surface area contributed by atoms with Gasteiger partial charge in [-0.1, -0.05) is 13.3 Å². The number of hydrogen-bond acceptors (Lipinski definition) is 2. The van der Waals surface area contributed by atoms with Crippen LogP contribution < -0.4 is 5.73 Å². The first-order valence-electron chi connectivity index (χ1n) is 3.90. The molecule has 1 saturated heterocycles. The fraction of sp³-hybridized carbons (Fsp3) is 1.00. The van der Waals surface area contributed by atoms with E-state index in [-0.39, 0.29) is 18.1 Å². The van der Waals surface area contributed by atoms with Crippen molar-refractivity contribution in [3.63, 3.8) is 0 Å². The van der Waals surface area contributed by atoms with Crippen molar-refractivity contribution in [3.8, 4) is 0 Å². The summed E-state index contributed by atoms with van der Waals surface area (Å²) in [6, 6.07) is 0.0431. The molecule has 2 radical (unpaired) electrons.